The summed E-state index contributed by atoms with van der Waals surface area (Å²) in [5.74, 6) is -1.97. The van der Waals surface area contributed by atoms with Gasteiger partial charge in [-0.15, -0.1) is 0 Å². The Hall–Kier alpha value is -2.66. The van der Waals surface area contributed by atoms with Gasteiger partial charge in [0.2, 0.25) is 0 Å². The number of carbonyl (C=O) groups is 1. The molecule has 2 aromatic carbocycles. The van der Waals surface area contributed by atoms with Crippen LogP contribution in [0.25, 0.3) is 0 Å². The fraction of sp³-hybridized carbons (Fsp3) is 0.188. The Kier molecular flexibility index (Phi) is 6.30. The van der Waals surface area contributed by atoms with Gasteiger partial charge in [0.15, 0.2) is 6.61 Å². The first-order valence-electron chi connectivity index (χ1n) is 7.36. The number of benzene rings is 2. The number of rotatable bonds is 7. The summed E-state index contributed by atoms with van der Waals surface area (Å²) in [6.45, 7) is -1.65. The summed E-state index contributed by atoms with van der Waals surface area (Å²) in [5, 5.41) is 9.09. The summed E-state index contributed by atoms with van der Waals surface area (Å²) < 4.78 is 74.3. The second-order valence-electron chi connectivity index (χ2n) is 5.32. The molecule has 2 N–H and O–H groups in total. The molecule has 2 aromatic rings. The number of methoxy groups -OCH3 is 1. The third-order valence-electron chi connectivity index (χ3n) is 3.28. The molecule has 0 spiro atoms. The molecular weight excluding hydrogens is 427 g/mol. The van der Waals surface area contributed by atoms with Crippen LogP contribution in [-0.4, -0.2) is 39.4 Å². The second kappa shape index (κ2) is 8.15. The van der Waals surface area contributed by atoms with Crippen molar-refractivity contribution >= 4 is 33.3 Å². The fourth-order valence-corrected chi connectivity index (χ4v) is 3.52. The molecule has 0 heterocycles. The van der Waals surface area contributed by atoms with Gasteiger partial charge in [-0.2, -0.15) is 13.2 Å². The zero-order chi connectivity index (χ0) is 21.1. The van der Waals surface area contributed by atoms with Crippen LogP contribution in [0.1, 0.15) is 10.4 Å². The molecule has 0 aromatic heterocycles. The molecule has 0 bridgehead atoms. The van der Waals surface area contributed by atoms with Crippen LogP contribution in [-0.2, 0) is 10.0 Å². The molecule has 0 fully saturated rings. The van der Waals surface area contributed by atoms with Gasteiger partial charge < -0.3 is 14.6 Å². The van der Waals surface area contributed by atoms with Crippen molar-refractivity contribution < 1.29 is 41.0 Å². The van der Waals surface area contributed by atoms with Crippen LogP contribution in [0.2, 0.25) is 5.02 Å². The van der Waals surface area contributed by atoms with E-state index in [4.69, 9.17) is 21.4 Å². The summed E-state index contributed by atoms with van der Waals surface area (Å²) >= 11 is 5.79. The van der Waals surface area contributed by atoms with Gasteiger partial charge >= 0.3 is 12.1 Å². The molecule has 0 saturated carbocycles. The highest BCUT2D eigenvalue weighted by molar-refractivity contribution is 7.92. The lowest BCUT2D eigenvalue weighted by molar-refractivity contribution is -0.153. The first-order valence-corrected chi connectivity index (χ1v) is 9.22. The predicted octanol–water partition coefficient (Wildman–Crippen LogP) is 3.79. The third kappa shape index (κ3) is 5.42. The number of hydrogen-bond donors (Lipinski definition) is 2. The minimum absolute atomic E-state index is 0.0308. The summed E-state index contributed by atoms with van der Waals surface area (Å²) in [7, 11) is -3.29. The molecule has 0 aliphatic rings. The highest BCUT2D eigenvalue weighted by Crippen LogP contribution is 2.33. The number of hydrogen-bond acceptors (Lipinski definition) is 5. The number of alkyl halides is 3. The number of halogens is 4. The Morgan fingerprint density at radius 3 is 2.39 bits per heavy atom. The molecule has 0 aliphatic heterocycles. The van der Waals surface area contributed by atoms with E-state index < -0.39 is 39.4 Å². The molecule has 0 unspecified atom stereocenters. The molecule has 2 rings (SSSR count). The maximum Gasteiger partial charge on any atom is 0.422 e. The van der Waals surface area contributed by atoms with E-state index in [0.29, 0.717) is 0 Å². The number of ether oxygens (including phenoxy) is 2. The maximum absolute atomic E-state index is 12.7. The Labute approximate surface area is 162 Å². The van der Waals surface area contributed by atoms with Crippen LogP contribution < -0.4 is 14.2 Å². The van der Waals surface area contributed by atoms with Gasteiger partial charge in [0.1, 0.15) is 16.4 Å². The van der Waals surface area contributed by atoms with Crippen molar-refractivity contribution in [3.8, 4) is 11.5 Å². The molecule has 0 amide bonds. The quantitative estimate of drug-likeness (QED) is 0.680. The zero-order valence-corrected chi connectivity index (χ0v) is 15.7. The third-order valence-corrected chi connectivity index (χ3v) is 4.90. The number of anilines is 1. The zero-order valence-electron chi connectivity index (χ0n) is 14.1. The average molecular weight is 440 g/mol. The predicted molar refractivity (Wildman–Crippen MR) is 93.8 cm³/mol. The fourth-order valence-electron chi connectivity index (χ4n) is 2.09. The van der Waals surface area contributed by atoms with Gasteiger partial charge in [-0.25, -0.2) is 13.2 Å². The van der Waals surface area contributed by atoms with Crippen LogP contribution in [0.5, 0.6) is 11.5 Å². The largest absolute Gasteiger partial charge is 0.495 e. The van der Waals surface area contributed by atoms with Gasteiger partial charge in [0, 0.05) is 5.02 Å². The van der Waals surface area contributed by atoms with E-state index in [2.05, 4.69) is 4.74 Å². The molecule has 152 valence electrons. The Morgan fingerprint density at radius 2 is 1.82 bits per heavy atom. The highest BCUT2D eigenvalue weighted by atomic mass is 35.5. The topological polar surface area (TPSA) is 102 Å². The van der Waals surface area contributed by atoms with Crippen molar-refractivity contribution in [2.75, 3.05) is 18.4 Å². The number of sulfonamides is 1. The number of aromatic carboxylic acids is 1. The highest BCUT2D eigenvalue weighted by Gasteiger charge is 2.29. The van der Waals surface area contributed by atoms with Crippen LogP contribution in [0.4, 0.5) is 18.9 Å². The first kappa shape index (κ1) is 21.6. The van der Waals surface area contributed by atoms with E-state index in [9.17, 15) is 26.4 Å². The van der Waals surface area contributed by atoms with E-state index in [1.807, 2.05) is 4.72 Å². The average Bonchev–Trinajstić information content (AvgIpc) is 2.59. The SMILES string of the molecule is COc1ccc(C(=O)O)cc1S(=O)(=O)Nc1cc(Cl)ccc1OCC(F)(F)F. The molecule has 0 atom stereocenters. The lowest BCUT2D eigenvalue weighted by atomic mass is 10.2. The molecule has 12 heteroatoms. The van der Waals surface area contributed by atoms with Crippen LogP contribution in [0, 0.1) is 0 Å². The summed E-state index contributed by atoms with van der Waals surface area (Å²) in [6, 6.07) is 6.46. The number of carboxylic acid groups (broad SMARTS) is 1. The normalized spacial score (nSPS) is 11.8. The first-order chi connectivity index (χ1) is 12.9. The number of carboxylic acids is 1. The smallest absolute Gasteiger partial charge is 0.422 e. The van der Waals surface area contributed by atoms with E-state index in [1.165, 1.54) is 13.2 Å². The Morgan fingerprint density at radius 1 is 1.18 bits per heavy atom. The summed E-state index contributed by atoms with van der Waals surface area (Å²) in [6.07, 6.45) is -4.64. The van der Waals surface area contributed by atoms with E-state index >= 15 is 0 Å². The van der Waals surface area contributed by atoms with Gasteiger partial charge in [-0.05, 0) is 36.4 Å². The van der Waals surface area contributed by atoms with Gasteiger partial charge in [-0.3, -0.25) is 4.72 Å². The lowest BCUT2D eigenvalue weighted by Crippen LogP contribution is -2.20. The molecule has 28 heavy (non-hydrogen) atoms. The number of nitrogens with one attached hydrogen (secondary N) is 1. The standard InChI is InChI=1S/C16H13ClF3NO6S/c1-26-13-4-2-9(15(22)23)6-14(13)28(24,25)21-11-7-10(17)3-5-12(11)27-8-16(18,19)20/h2-7,21H,8H2,1H3,(H,22,23). The monoisotopic (exact) mass is 439 g/mol. The van der Waals surface area contributed by atoms with Crippen LogP contribution in [0.3, 0.4) is 0 Å². The van der Waals surface area contributed by atoms with Crippen molar-refractivity contribution in [2.45, 2.75) is 11.1 Å². The summed E-state index contributed by atoms with van der Waals surface area (Å²) in [5.41, 5.74) is -0.694. The van der Waals surface area contributed by atoms with Crippen molar-refractivity contribution in [1.29, 1.82) is 0 Å². The Bertz CT molecular complexity index is 994. The molecular formula is C16H13ClF3NO6S. The van der Waals surface area contributed by atoms with Crippen molar-refractivity contribution in [2.24, 2.45) is 0 Å². The molecule has 0 saturated heterocycles. The van der Waals surface area contributed by atoms with Crippen molar-refractivity contribution in [3.63, 3.8) is 0 Å². The molecule has 0 aliphatic carbocycles. The maximum atomic E-state index is 12.7. The minimum atomic E-state index is -4.64. The van der Waals surface area contributed by atoms with E-state index in [-0.39, 0.29) is 22.0 Å². The Balaban J connectivity index is 2.46. The van der Waals surface area contributed by atoms with Gasteiger partial charge in [0.25, 0.3) is 10.0 Å². The second-order valence-corrected chi connectivity index (χ2v) is 7.41. The van der Waals surface area contributed by atoms with Crippen molar-refractivity contribution in [1.82, 2.24) is 0 Å². The van der Waals surface area contributed by atoms with E-state index in [0.717, 1.165) is 30.3 Å². The van der Waals surface area contributed by atoms with Gasteiger partial charge in [0.05, 0.1) is 18.4 Å². The molecule has 7 nitrogen and oxygen atoms in total. The van der Waals surface area contributed by atoms with Crippen LogP contribution in [0.15, 0.2) is 41.3 Å². The molecule has 0 radical (unpaired) electrons. The lowest BCUT2D eigenvalue weighted by Gasteiger charge is -2.16. The van der Waals surface area contributed by atoms with Gasteiger partial charge in [-0.1, -0.05) is 11.6 Å². The minimum Gasteiger partial charge on any atom is -0.495 e. The van der Waals surface area contributed by atoms with Crippen molar-refractivity contribution in [3.05, 3.63) is 47.0 Å². The van der Waals surface area contributed by atoms with E-state index in [1.54, 1.807) is 0 Å². The van der Waals surface area contributed by atoms with Crippen LogP contribution >= 0.6 is 11.6 Å². The summed E-state index contributed by atoms with van der Waals surface area (Å²) in [4.78, 5) is 10.6.